The van der Waals surface area contributed by atoms with E-state index in [-0.39, 0.29) is 35.0 Å². The fourth-order valence-electron chi connectivity index (χ4n) is 8.04. The topological polar surface area (TPSA) is 122 Å². The molecule has 5 rings (SSSR count). The van der Waals surface area contributed by atoms with Crippen LogP contribution in [0.2, 0.25) is 0 Å². The summed E-state index contributed by atoms with van der Waals surface area (Å²) in [5.41, 5.74) is -0.623. The van der Waals surface area contributed by atoms with Crippen molar-refractivity contribution in [2.45, 2.75) is 135 Å². The van der Waals surface area contributed by atoms with E-state index in [1.807, 2.05) is 6.92 Å². The van der Waals surface area contributed by atoms with E-state index in [2.05, 4.69) is 24.5 Å². The van der Waals surface area contributed by atoms with E-state index >= 15 is 0 Å². The van der Waals surface area contributed by atoms with Crippen molar-refractivity contribution in [1.82, 2.24) is 15.5 Å². The van der Waals surface area contributed by atoms with Gasteiger partial charge in [0.1, 0.15) is 17.7 Å². The van der Waals surface area contributed by atoms with Gasteiger partial charge in [0, 0.05) is 13.5 Å². The van der Waals surface area contributed by atoms with Crippen molar-refractivity contribution in [2.75, 3.05) is 6.54 Å². The van der Waals surface area contributed by atoms with Crippen LogP contribution in [0.25, 0.3) is 0 Å². The summed E-state index contributed by atoms with van der Waals surface area (Å²) in [5.74, 6) is -1.27. The lowest BCUT2D eigenvalue weighted by Crippen LogP contribution is -2.59. The predicted octanol–water partition coefficient (Wildman–Crippen LogP) is 4.31. The second kappa shape index (κ2) is 11.7. The van der Waals surface area contributed by atoms with E-state index in [1.54, 1.807) is 4.90 Å². The number of carbonyl (C=O) groups is 5. The van der Waals surface area contributed by atoms with Gasteiger partial charge in [-0.15, -0.1) is 0 Å². The molecule has 5 aliphatic rings. The summed E-state index contributed by atoms with van der Waals surface area (Å²) in [4.78, 5) is 67.7. The third kappa shape index (κ3) is 6.48. The number of fused-ring (bicyclic) bond motifs is 1. The number of alkyl carbamates (subject to hydrolysis) is 1. The predicted molar refractivity (Wildman–Crippen MR) is 153 cm³/mol. The van der Waals surface area contributed by atoms with Gasteiger partial charge in [0.15, 0.2) is 5.78 Å². The third-order valence-electron chi connectivity index (χ3n) is 10.9. The zero-order valence-electron chi connectivity index (χ0n) is 25.3. The zero-order chi connectivity index (χ0) is 29.5. The molecular formula is C32H49N3O6. The molecule has 228 valence electrons. The molecule has 4 aliphatic carbocycles. The number of carbonyl (C=O) groups excluding carboxylic acids is 5. The number of rotatable bonds is 10. The number of likely N-dealkylation sites (tertiary alicyclic amines) is 1. The van der Waals surface area contributed by atoms with E-state index in [1.165, 1.54) is 6.92 Å². The van der Waals surface area contributed by atoms with Gasteiger partial charge in [-0.2, -0.15) is 0 Å². The van der Waals surface area contributed by atoms with Gasteiger partial charge < -0.3 is 20.3 Å². The van der Waals surface area contributed by atoms with Crippen LogP contribution in [-0.2, 0) is 23.9 Å². The molecule has 0 aromatic heterocycles. The van der Waals surface area contributed by atoms with E-state index in [9.17, 15) is 24.0 Å². The molecule has 2 N–H and O–H groups in total. The Balaban J connectivity index is 1.34. The van der Waals surface area contributed by atoms with Crippen molar-refractivity contribution in [3.05, 3.63) is 0 Å². The van der Waals surface area contributed by atoms with Gasteiger partial charge in [-0.05, 0) is 81.0 Å². The monoisotopic (exact) mass is 571 g/mol. The molecule has 41 heavy (non-hydrogen) atoms. The van der Waals surface area contributed by atoms with Crippen LogP contribution in [0.3, 0.4) is 0 Å². The molecule has 4 saturated carbocycles. The molecule has 0 spiro atoms. The molecule has 0 aromatic carbocycles. The first-order valence-electron chi connectivity index (χ1n) is 16.1. The highest BCUT2D eigenvalue weighted by molar-refractivity contribution is 6.38. The fourth-order valence-corrected chi connectivity index (χ4v) is 8.04. The van der Waals surface area contributed by atoms with E-state index < -0.39 is 41.4 Å². The van der Waals surface area contributed by atoms with Crippen molar-refractivity contribution in [1.29, 1.82) is 0 Å². The maximum atomic E-state index is 14.3. The van der Waals surface area contributed by atoms with Crippen LogP contribution >= 0.6 is 0 Å². The van der Waals surface area contributed by atoms with Gasteiger partial charge in [0.05, 0.1) is 6.04 Å². The Morgan fingerprint density at radius 3 is 2.12 bits per heavy atom. The second-order valence-electron chi connectivity index (χ2n) is 14.5. The Morgan fingerprint density at radius 1 is 0.878 bits per heavy atom. The minimum absolute atomic E-state index is 0.0153. The lowest BCUT2D eigenvalue weighted by atomic mass is 9.83. The highest BCUT2D eigenvalue weighted by atomic mass is 16.6. The van der Waals surface area contributed by atoms with Gasteiger partial charge in [0.25, 0.3) is 0 Å². The van der Waals surface area contributed by atoms with Crippen LogP contribution in [0, 0.1) is 29.1 Å². The molecule has 3 amide bonds. The SMILES string of the molecule is CC(=O)C(=O)C(CC1CC1)NC(=O)[C@@H]1[C@@H]2[C@H](CN1C(=O)[C@@H](NC(=O)OC1(C)CCCCC1)C1CCCCC1)C2(C)C. The summed E-state index contributed by atoms with van der Waals surface area (Å²) in [6, 6.07) is -2.35. The number of ketones is 2. The number of hydrogen-bond donors (Lipinski definition) is 2. The number of nitrogens with one attached hydrogen (secondary N) is 2. The Kier molecular flexibility index (Phi) is 8.55. The Morgan fingerprint density at radius 2 is 1.51 bits per heavy atom. The lowest BCUT2D eigenvalue weighted by Gasteiger charge is -2.38. The summed E-state index contributed by atoms with van der Waals surface area (Å²) in [6.45, 7) is 7.89. The largest absolute Gasteiger partial charge is 0.443 e. The molecular weight excluding hydrogens is 522 g/mol. The molecule has 0 aromatic rings. The smallest absolute Gasteiger partial charge is 0.408 e. The van der Waals surface area contributed by atoms with E-state index in [4.69, 9.17) is 4.74 Å². The molecule has 1 heterocycles. The minimum Gasteiger partial charge on any atom is -0.443 e. The van der Waals surface area contributed by atoms with Crippen molar-refractivity contribution >= 4 is 29.5 Å². The molecule has 5 atom stereocenters. The maximum Gasteiger partial charge on any atom is 0.408 e. The van der Waals surface area contributed by atoms with Gasteiger partial charge in [0.2, 0.25) is 17.6 Å². The molecule has 1 saturated heterocycles. The summed E-state index contributed by atoms with van der Waals surface area (Å²) in [6.07, 6.45) is 11.5. The highest BCUT2D eigenvalue weighted by Crippen LogP contribution is 2.65. The van der Waals surface area contributed by atoms with Gasteiger partial charge >= 0.3 is 6.09 Å². The van der Waals surface area contributed by atoms with E-state index in [0.717, 1.165) is 77.0 Å². The lowest BCUT2D eigenvalue weighted by molar-refractivity contribution is -0.144. The van der Waals surface area contributed by atoms with Crippen LogP contribution in [0.1, 0.15) is 111 Å². The quantitative estimate of drug-likeness (QED) is 0.377. The third-order valence-corrected chi connectivity index (χ3v) is 10.9. The van der Waals surface area contributed by atoms with Crippen molar-refractivity contribution in [3.63, 3.8) is 0 Å². The molecule has 1 aliphatic heterocycles. The van der Waals surface area contributed by atoms with Gasteiger partial charge in [-0.1, -0.05) is 52.4 Å². The average Bonchev–Trinajstić information content (AvgIpc) is 3.78. The number of Topliss-reactive ketones (excluding diaryl/α,β-unsaturated/α-hetero) is 2. The molecule has 0 bridgehead atoms. The normalized spacial score (nSPS) is 30.0. The Hall–Kier alpha value is -2.45. The Labute approximate surface area is 244 Å². The summed E-state index contributed by atoms with van der Waals surface area (Å²) >= 11 is 0. The van der Waals surface area contributed by atoms with Crippen molar-refractivity contribution < 1.29 is 28.7 Å². The van der Waals surface area contributed by atoms with Gasteiger partial charge in [-0.25, -0.2) is 4.79 Å². The zero-order valence-corrected chi connectivity index (χ0v) is 25.3. The van der Waals surface area contributed by atoms with Gasteiger partial charge in [-0.3, -0.25) is 19.2 Å². The summed E-state index contributed by atoms with van der Waals surface area (Å²) < 4.78 is 5.92. The number of hydrogen-bond acceptors (Lipinski definition) is 6. The number of amides is 3. The van der Waals surface area contributed by atoms with Crippen LogP contribution in [0.5, 0.6) is 0 Å². The van der Waals surface area contributed by atoms with Crippen molar-refractivity contribution in [2.24, 2.45) is 29.1 Å². The minimum atomic E-state index is -0.858. The van der Waals surface area contributed by atoms with Crippen LogP contribution in [0.4, 0.5) is 4.79 Å². The standard InChI is InChI=1S/C32H49N3O6/c1-19(36)27(37)23(17-20-13-14-20)33-28(38)26-24-22(31(24,2)3)18-35(26)29(39)25(21-11-7-5-8-12-21)34-30(40)41-32(4)15-9-6-10-16-32/h20-26H,5-18H2,1-4H3,(H,33,38)(H,34,40)/t22-,23?,24-,25-,26-/m0/s1. The van der Waals surface area contributed by atoms with Crippen molar-refractivity contribution in [3.8, 4) is 0 Å². The average molecular weight is 572 g/mol. The van der Waals surface area contributed by atoms with E-state index in [0.29, 0.717) is 18.9 Å². The molecule has 0 radical (unpaired) electrons. The van der Waals surface area contributed by atoms with Crippen LogP contribution < -0.4 is 10.6 Å². The second-order valence-corrected chi connectivity index (χ2v) is 14.5. The number of nitrogens with zero attached hydrogens (tertiary/aromatic N) is 1. The maximum absolute atomic E-state index is 14.3. The van der Waals surface area contributed by atoms with Crippen LogP contribution in [-0.4, -0.2) is 64.6 Å². The molecule has 9 heteroatoms. The first-order valence-corrected chi connectivity index (χ1v) is 16.1. The summed E-state index contributed by atoms with van der Waals surface area (Å²) in [5, 5.41) is 5.87. The Bertz CT molecular complexity index is 1060. The molecule has 5 fully saturated rings. The first kappa shape index (κ1) is 30.0. The number of piperidine rings is 1. The molecule has 1 unspecified atom stereocenters. The van der Waals surface area contributed by atoms with Crippen LogP contribution in [0.15, 0.2) is 0 Å². The fraction of sp³-hybridized carbons (Fsp3) is 0.844. The first-order chi connectivity index (χ1) is 19.4. The molecule has 9 nitrogen and oxygen atoms in total. The highest BCUT2D eigenvalue weighted by Gasteiger charge is 2.69. The number of ether oxygens (including phenoxy) is 1. The summed E-state index contributed by atoms with van der Waals surface area (Å²) in [7, 11) is 0.